The van der Waals surface area contributed by atoms with E-state index in [0.717, 1.165) is 12.3 Å². The lowest BCUT2D eigenvalue weighted by atomic mass is 10.00. The van der Waals surface area contributed by atoms with Crippen LogP contribution in [0.25, 0.3) is 0 Å². The molecule has 2 fully saturated rings. The maximum absolute atomic E-state index is 8.53. The first-order valence-corrected chi connectivity index (χ1v) is 4.92. The van der Waals surface area contributed by atoms with E-state index in [4.69, 9.17) is 10.00 Å². The lowest BCUT2D eigenvalue weighted by Gasteiger charge is -2.28. The summed E-state index contributed by atoms with van der Waals surface area (Å²) in [6.45, 7) is 0. The minimum absolute atomic E-state index is 0.245. The monoisotopic (exact) mass is 165 g/mol. The highest BCUT2D eigenvalue weighted by molar-refractivity contribution is 4.87. The van der Waals surface area contributed by atoms with Gasteiger partial charge in [0.05, 0.1) is 24.7 Å². The zero-order chi connectivity index (χ0) is 8.39. The maximum atomic E-state index is 8.53. The predicted molar refractivity (Wildman–Crippen MR) is 45.5 cm³/mol. The van der Waals surface area contributed by atoms with E-state index in [1.165, 1.54) is 25.7 Å². The number of nitrogens with zero attached hydrogens (tertiary/aromatic N) is 1. The maximum Gasteiger partial charge on any atom is 0.0708 e. The predicted octanol–water partition coefficient (Wildman–Crippen LogP) is 2.25. The van der Waals surface area contributed by atoms with Crippen molar-refractivity contribution < 1.29 is 4.74 Å². The fourth-order valence-electron chi connectivity index (χ4n) is 2.00. The molecule has 12 heavy (non-hydrogen) atoms. The van der Waals surface area contributed by atoms with Gasteiger partial charge in [-0.05, 0) is 38.0 Å². The average Bonchev–Trinajstić information content (AvgIpc) is 2.88. The Bertz CT molecular complexity index is 193. The van der Waals surface area contributed by atoms with E-state index >= 15 is 0 Å². The van der Waals surface area contributed by atoms with Gasteiger partial charge in [-0.15, -0.1) is 0 Å². The number of hydrogen-bond donors (Lipinski definition) is 0. The minimum Gasteiger partial charge on any atom is -0.374 e. The molecule has 0 amide bonds. The van der Waals surface area contributed by atoms with Crippen molar-refractivity contribution in [2.45, 2.75) is 50.7 Å². The summed E-state index contributed by atoms with van der Waals surface area (Å²) in [5.74, 6) is 0.839. The molecule has 0 aromatic rings. The topological polar surface area (TPSA) is 33.0 Å². The fourth-order valence-corrected chi connectivity index (χ4v) is 2.00. The van der Waals surface area contributed by atoms with Crippen LogP contribution >= 0.6 is 0 Å². The van der Waals surface area contributed by atoms with Crippen LogP contribution in [0.3, 0.4) is 0 Å². The molecule has 2 heteroatoms. The summed E-state index contributed by atoms with van der Waals surface area (Å²) >= 11 is 0. The third kappa shape index (κ3) is 1.78. The van der Waals surface area contributed by atoms with Gasteiger partial charge in [-0.1, -0.05) is 0 Å². The van der Waals surface area contributed by atoms with Crippen molar-refractivity contribution >= 4 is 0 Å². The average molecular weight is 165 g/mol. The van der Waals surface area contributed by atoms with Gasteiger partial charge in [-0.3, -0.25) is 0 Å². The molecule has 66 valence electrons. The van der Waals surface area contributed by atoms with Crippen LogP contribution < -0.4 is 0 Å². The molecule has 0 aromatic carbocycles. The van der Waals surface area contributed by atoms with Crippen LogP contribution in [-0.2, 0) is 4.74 Å². The van der Waals surface area contributed by atoms with Gasteiger partial charge in [-0.25, -0.2) is 0 Å². The molecule has 1 heterocycles. The van der Waals surface area contributed by atoms with Gasteiger partial charge < -0.3 is 4.74 Å². The van der Waals surface area contributed by atoms with E-state index in [-0.39, 0.29) is 6.10 Å². The molecule has 0 bridgehead atoms. The molecular formula is C10H15NO. The van der Waals surface area contributed by atoms with Crippen LogP contribution in [0.1, 0.15) is 38.5 Å². The van der Waals surface area contributed by atoms with Crippen molar-refractivity contribution in [1.29, 1.82) is 5.26 Å². The summed E-state index contributed by atoms with van der Waals surface area (Å²) in [4.78, 5) is 0. The van der Waals surface area contributed by atoms with Crippen LogP contribution in [0, 0.1) is 17.2 Å². The number of nitriles is 1. The molecule has 1 saturated carbocycles. The van der Waals surface area contributed by atoms with Crippen molar-refractivity contribution in [3.05, 3.63) is 0 Å². The smallest absolute Gasteiger partial charge is 0.0708 e. The Morgan fingerprint density at radius 3 is 2.75 bits per heavy atom. The van der Waals surface area contributed by atoms with E-state index in [1.54, 1.807) is 0 Å². The molecule has 1 aliphatic heterocycles. The highest BCUT2D eigenvalue weighted by Crippen LogP contribution is 2.39. The second-order valence-electron chi connectivity index (χ2n) is 3.93. The second-order valence-corrected chi connectivity index (χ2v) is 3.93. The number of ether oxygens (including phenoxy) is 1. The first kappa shape index (κ1) is 8.07. The minimum atomic E-state index is 0.245. The van der Waals surface area contributed by atoms with Gasteiger partial charge in [0.2, 0.25) is 0 Å². The molecule has 0 N–H and O–H groups in total. The van der Waals surface area contributed by atoms with Gasteiger partial charge in [0, 0.05) is 0 Å². The molecule has 0 spiro atoms. The fraction of sp³-hybridized carbons (Fsp3) is 0.900. The Hall–Kier alpha value is -0.550. The first-order chi connectivity index (χ1) is 5.90. The van der Waals surface area contributed by atoms with E-state index in [2.05, 4.69) is 6.07 Å². The van der Waals surface area contributed by atoms with Crippen LogP contribution in [0.5, 0.6) is 0 Å². The molecule has 2 aliphatic rings. The Kier molecular flexibility index (Phi) is 2.32. The molecule has 2 nitrogen and oxygen atoms in total. The molecule has 0 aromatic heterocycles. The summed E-state index contributed by atoms with van der Waals surface area (Å²) in [5, 5.41) is 8.53. The van der Waals surface area contributed by atoms with Crippen molar-refractivity contribution in [2.24, 2.45) is 5.92 Å². The SMILES string of the molecule is N#CCC1CCCC(C2CC2)O1. The van der Waals surface area contributed by atoms with Crippen molar-refractivity contribution in [2.75, 3.05) is 0 Å². The third-order valence-corrected chi connectivity index (χ3v) is 2.85. The quantitative estimate of drug-likeness (QED) is 0.628. The van der Waals surface area contributed by atoms with Crippen LogP contribution in [0.15, 0.2) is 0 Å². The standard InChI is InChI=1S/C10H15NO/c11-7-6-9-2-1-3-10(12-9)8-4-5-8/h8-10H,1-6H2. The Morgan fingerprint density at radius 2 is 2.08 bits per heavy atom. The van der Waals surface area contributed by atoms with Crippen LogP contribution in [-0.4, -0.2) is 12.2 Å². The normalized spacial score (nSPS) is 35.9. The zero-order valence-electron chi connectivity index (χ0n) is 7.33. The van der Waals surface area contributed by atoms with Gasteiger partial charge in [0.1, 0.15) is 0 Å². The molecule has 1 saturated heterocycles. The van der Waals surface area contributed by atoms with E-state index in [0.29, 0.717) is 12.5 Å². The number of hydrogen-bond acceptors (Lipinski definition) is 2. The van der Waals surface area contributed by atoms with Crippen molar-refractivity contribution in [1.82, 2.24) is 0 Å². The summed E-state index contributed by atoms with van der Waals surface area (Å²) in [6.07, 6.45) is 7.61. The Balaban J connectivity index is 1.81. The molecule has 1 aliphatic carbocycles. The molecular weight excluding hydrogens is 150 g/mol. The van der Waals surface area contributed by atoms with Crippen LogP contribution in [0.4, 0.5) is 0 Å². The summed E-state index contributed by atoms with van der Waals surface area (Å²) in [7, 11) is 0. The second kappa shape index (κ2) is 3.45. The van der Waals surface area contributed by atoms with E-state index < -0.39 is 0 Å². The Labute approximate surface area is 73.5 Å². The number of rotatable bonds is 2. The van der Waals surface area contributed by atoms with Gasteiger partial charge in [-0.2, -0.15) is 5.26 Å². The van der Waals surface area contributed by atoms with Crippen molar-refractivity contribution in [3.8, 4) is 6.07 Å². The lowest BCUT2D eigenvalue weighted by molar-refractivity contribution is -0.0570. The highest BCUT2D eigenvalue weighted by atomic mass is 16.5. The van der Waals surface area contributed by atoms with E-state index in [1.807, 2.05) is 0 Å². The van der Waals surface area contributed by atoms with Crippen LogP contribution in [0.2, 0.25) is 0 Å². The van der Waals surface area contributed by atoms with Gasteiger partial charge >= 0.3 is 0 Å². The van der Waals surface area contributed by atoms with Crippen molar-refractivity contribution in [3.63, 3.8) is 0 Å². The molecule has 0 radical (unpaired) electrons. The zero-order valence-corrected chi connectivity index (χ0v) is 7.33. The summed E-state index contributed by atoms with van der Waals surface area (Å²) in [6, 6.07) is 2.19. The molecule has 2 atom stereocenters. The molecule has 2 unspecified atom stereocenters. The first-order valence-electron chi connectivity index (χ1n) is 4.92. The summed E-state index contributed by atoms with van der Waals surface area (Å²) < 4.78 is 5.83. The van der Waals surface area contributed by atoms with Gasteiger partial charge in [0.25, 0.3) is 0 Å². The molecule has 2 rings (SSSR count). The largest absolute Gasteiger partial charge is 0.374 e. The lowest BCUT2D eigenvalue weighted by Crippen LogP contribution is -2.28. The van der Waals surface area contributed by atoms with Gasteiger partial charge in [0.15, 0.2) is 0 Å². The third-order valence-electron chi connectivity index (χ3n) is 2.85. The van der Waals surface area contributed by atoms with E-state index in [9.17, 15) is 0 Å². The highest BCUT2D eigenvalue weighted by Gasteiger charge is 2.35. The Morgan fingerprint density at radius 1 is 1.25 bits per heavy atom. The summed E-state index contributed by atoms with van der Waals surface area (Å²) in [5.41, 5.74) is 0.